The van der Waals surface area contributed by atoms with Gasteiger partial charge in [0.25, 0.3) is 0 Å². The molecule has 0 amide bonds. The van der Waals surface area contributed by atoms with Crippen molar-refractivity contribution in [3.63, 3.8) is 0 Å². The van der Waals surface area contributed by atoms with E-state index in [9.17, 15) is 0 Å². The van der Waals surface area contributed by atoms with Gasteiger partial charge in [0.1, 0.15) is 0 Å². The quantitative estimate of drug-likeness (QED) is 0.690. The monoisotopic (exact) mass is 217 g/mol. The molecule has 1 aromatic rings. The van der Waals surface area contributed by atoms with Crippen LogP contribution in [0.15, 0.2) is 24.3 Å². The molecular formula is C15H23N. The van der Waals surface area contributed by atoms with Gasteiger partial charge >= 0.3 is 0 Å². The van der Waals surface area contributed by atoms with Gasteiger partial charge in [0, 0.05) is 18.8 Å². The molecular weight excluding hydrogens is 194 g/mol. The first-order valence-corrected chi connectivity index (χ1v) is 6.47. The summed E-state index contributed by atoms with van der Waals surface area (Å²) >= 11 is 0. The number of aryl methyl sites for hydroxylation is 1. The van der Waals surface area contributed by atoms with Gasteiger partial charge in [0.05, 0.1) is 0 Å². The molecule has 2 unspecified atom stereocenters. The molecule has 2 atom stereocenters. The maximum absolute atomic E-state index is 2.56. The lowest BCUT2D eigenvalue weighted by atomic mass is 10.0. The minimum Gasteiger partial charge on any atom is -0.371 e. The van der Waals surface area contributed by atoms with E-state index in [1.807, 2.05) is 0 Å². The van der Waals surface area contributed by atoms with Gasteiger partial charge in [-0.25, -0.2) is 0 Å². The average molecular weight is 217 g/mol. The molecule has 1 heteroatoms. The van der Waals surface area contributed by atoms with Crippen LogP contribution in [0.5, 0.6) is 0 Å². The Morgan fingerprint density at radius 2 is 1.44 bits per heavy atom. The van der Waals surface area contributed by atoms with Gasteiger partial charge in [0.2, 0.25) is 0 Å². The van der Waals surface area contributed by atoms with Crippen molar-refractivity contribution in [3.05, 3.63) is 29.8 Å². The molecule has 1 aliphatic rings. The first-order chi connectivity index (χ1) is 7.65. The Labute approximate surface area is 99.5 Å². The van der Waals surface area contributed by atoms with E-state index < -0.39 is 0 Å². The predicted octanol–water partition coefficient (Wildman–Crippen LogP) is 3.87. The Morgan fingerprint density at radius 3 is 1.94 bits per heavy atom. The maximum Gasteiger partial charge on any atom is 0.0366 e. The Bertz CT molecular complexity index is 316. The molecule has 1 saturated heterocycles. The van der Waals surface area contributed by atoms with Crippen molar-refractivity contribution in [2.24, 2.45) is 11.8 Å². The third-order valence-corrected chi connectivity index (χ3v) is 3.62. The van der Waals surface area contributed by atoms with Crippen LogP contribution in [0.2, 0.25) is 0 Å². The van der Waals surface area contributed by atoms with Crippen molar-refractivity contribution in [1.82, 2.24) is 0 Å². The molecule has 2 rings (SSSR count). The molecule has 1 heterocycles. The molecule has 0 aliphatic carbocycles. The van der Waals surface area contributed by atoms with Crippen LogP contribution in [0.1, 0.15) is 32.3 Å². The van der Waals surface area contributed by atoms with Crippen LogP contribution in [0.3, 0.4) is 0 Å². The second-order valence-electron chi connectivity index (χ2n) is 5.53. The van der Waals surface area contributed by atoms with Crippen LogP contribution in [-0.2, 0) is 0 Å². The zero-order valence-corrected chi connectivity index (χ0v) is 10.7. The normalized spacial score (nSPS) is 26.6. The van der Waals surface area contributed by atoms with Crippen LogP contribution in [0, 0.1) is 18.8 Å². The van der Waals surface area contributed by atoms with E-state index >= 15 is 0 Å². The number of anilines is 1. The summed E-state index contributed by atoms with van der Waals surface area (Å²) in [7, 11) is 0. The van der Waals surface area contributed by atoms with Crippen LogP contribution >= 0.6 is 0 Å². The van der Waals surface area contributed by atoms with Crippen LogP contribution in [0.25, 0.3) is 0 Å². The Hall–Kier alpha value is -0.980. The molecule has 0 spiro atoms. The summed E-state index contributed by atoms with van der Waals surface area (Å²) in [6.07, 6.45) is 2.76. The molecule has 0 aromatic heterocycles. The van der Waals surface area contributed by atoms with Crippen molar-refractivity contribution in [2.75, 3.05) is 18.0 Å². The molecule has 0 bridgehead atoms. The van der Waals surface area contributed by atoms with Gasteiger partial charge in [-0.05, 0) is 43.7 Å². The summed E-state index contributed by atoms with van der Waals surface area (Å²) in [4.78, 5) is 2.56. The van der Waals surface area contributed by atoms with Crippen molar-refractivity contribution in [3.8, 4) is 0 Å². The fourth-order valence-corrected chi connectivity index (χ4v) is 2.54. The van der Waals surface area contributed by atoms with Crippen molar-refractivity contribution >= 4 is 5.69 Å². The summed E-state index contributed by atoms with van der Waals surface area (Å²) in [6.45, 7) is 9.33. The second-order valence-corrected chi connectivity index (χ2v) is 5.53. The highest BCUT2D eigenvalue weighted by Gasteiger charge is 2.19. The lowest BCUT2D eigenvalue weighted by Crippen LogP contribution is -2.29. The van der Waals surface area contributed by atoms with Crippen LogP contribution in [0.4, 0.5) is 5.69 Å². The Kier molecular flexibility index (Phi) is 3.52. The molecule has 1 aromatic carbocycles. The average Bonchev–Trinajstić information content (AvgIpc) is 2.42. The highest BCUT2D eigenvalue weighted by Crippen LogP contribution is 2.25. The summed E-state index contributed by atoms with van der Waals surface area (Å²) in [5.41, 5.74) is 2.74. The van der Waals surface area contributed by atoms with E-state index in [-0.39, 0.29) is 0 Å². The van der Waals surface area contributed by atoms with Crippen molar-refractivity contribution in [2.45, 2.75) is 33.6 Å². The first-order valence-electron chi connectivity index (χ1n) is 6.47. The summed E-state index contributed by atoms with van der Waals surface area (Å²) < 4.78 is 0. The third kappa shape index (κ3) is 2.78. The number of benzene rings is 1. The molecule has 0 saturated carbocycles. The van der Waals surface area contributed by atoms with E-state index in [4.69, 9.17) is 0 Å². The highest BCUT2D eigenvalue weighted by molar-refractivity contribution is 5.47. The smallest absolute Gasteiger partial charge is 0.0366 e. The second kappa shape index (κ2) is 4.90. The Morgan fingerprint density at radius 1 is 0.938 bits per heavy atom. The topological polar surface area (TPSA) is 3.24 Å². The first kappa shape index (κ1) is 11.5. The lowest BCUT2D eigenvalue weighted by Gasteiger charge is -2.26. The minimum atomic E-state index is 0.825. The lowest BCUT2D eigenvalue weighted by molar-refractivity contribution is 0.498. The molecule has 0 radical (unpaired) electrons. The standard InChI is InChI=1S/C15H23N/c1-12-6-8-15(9-7-12)16-10-13(2)4-5-14(3)11-16/h6-9,13-14H,4-5,10-11H2,1-3H3. The van der Waals surface area contributed by atoms with Gasteiger partial charge in [-0.15, -0.1) is 0 Å². The fraction of sp³-hybridized carbons (Fsp3) is 0.600. The number of hydrogen-bond acceptors (Lipinski definition) is 1. The van der Waals surface area contributed by atoms with Gasteiger partial charge in [-0.2, -0.15) is 0 Å². The predicted molar refractivity (Wildman–Crippen MR) is 71.0 cm³/mol. The summed E-state index contributed by atoms with van der Waals surface area (Å²) in [5.74, 6) is 1.65. The van der Waals surface area contributed by atoms with Gasteiger partial charge in [-0.1, -0.05) is 31.5 Å². The van der Waals surface area contributed by atoms with E-state index in [2.05, 4.69) is 49.9 Å². The molecule has 1 aliphatic heterocycles. The van der Waals surface area contributed by atoms with E-state index in [0.717, 1.165) is 11.8 Å². The maximum atomic E-state index is 2.56. The van der Waals surface area contributed by atoms with Crippen LogP contribution in [-0.4, -0.2) is 13.1 Å². The Balaban J connectivity index is 2.14. The third-order valence-electron chi connectivity index (χ3n) is 3.62. The number of rotatable bonds is 1. The molecule has 0 N–H and O–H groups in total. The van der Waals surface area contributed by atoms with E-state index in [1.54, 1.807) is 0 Å². The fourth-order valence-electron chi connectivity index (χ4n) is 2.54. The van der Waals surface area contributed by atoms with Gasteiger partial charge in [0.15, 0.2) is 0 Å². The number of nitrogens with zero attached hydrogens (tertiary/aromatic N) is 1. The largest absolute Gasteiger partial charge is 0.371 e. The highest BCUT2D eigenvalue weighted by atomic mass is 15.1. The van der Waals surface area contributed by atoms with Gasteiger partial charge < -0.3 is 4.90 Å². The van der Waals surface area contributed by atoms with Gasteiger partial charge in [-0.3, -0.25) is 0 Å². The number of hydrogen-bond donors (Lipinski definition) is 0. The summed E-state index contributed by atoms with van der Waals surface area (Å²) in [6, 6.07) is 8.96. The zero-order chi connectivity index (χ0) is 11.5. The summed E-state index contributed by atoms with van der Waals surface area (Å²) in [5, 5.41) is 0. The zero-order valence-electron chi connectivity index (χ0n) is 10.7. The molecule has 1 fully saturated rings. The van der Waals surface area contributed by atoms with Crippen molar-refractivity contribution in [1.29, 1.82) is 0 Å². The molecule has 1 nitrogen and oxygen atoms in total. The SMILES string of the molecule is Cc1ccc(N2CC(C)CCC(C)C2)cc1. The van der Waals surface area contributed by atoms with Crippen molar-refractivity contribution < 1.29 is 0 Å². The van der Waals surface area contributed by atoms with Crippen LogP contribution < -0.4 is 4.90 Å². The van der Waals surface area contributed by atoms with E-state index in [1.165, 1.54) is 37.2 Å². The minimum absolute atomic E-state index is 0.825. The molecule has 88 valence electrons. The molecule has 16 heavy (non-hydrogen) atoms. The van der Waals surface area contributed by atoms with E-state index in [0.29, 0.717) is 0 Å².